The van der Waals surface area contributed by atoms with Crippen LogP contribution in [-0.4, -0.2) is 70.9 Å². The highest BCUT2D eigenvalue weighted by Crippen LogP contribution is 2.31. The van der Waals surface area contributed by atoms with Crippen LogP contribution in [0.1, 0.15) is 23.3 Å². The second-order valence-electron chi connectivity index (χ2n) is 7.32. The van der Waals surface area contributed by atoms with Gasteiger partial charge in [0.25, 0.3) is 0 Å². The monoisotopic (exact) mass is 428 g/mol. The molecule has 0 spiro atoms. The molecule has 1 aromatic heterocycles. The Morgan fingerprint density at radius 3 is 2.29 bits per heavy atom. The van der Waals surface area contributed by atoms with Gasteiger partial charge in [0.15, 0.2) is 5.69 Å². The number of carbonyl (C=O) groups excluding carboxylic acids is 1. The number of fused-ring (bicyclic) bond motifs is 4. The molecule has 164 valence electrons. The number of methoxy groups -OCH3 is 1. The lowest BCUT2D eigenvalue weighted by Crippen LogP contribution is -2.51. The Bertz CT molecular complexity index is 981. The van der Waals surface area contributed by atoms with Gasteiger partial charge in [-0.3, -0.25) is 4.90 Å². The molecule has 0 saturated carbocycles. The normalized spacial score (nSPS) is 21.9. The van der Waals surface area contributed by atoms with E-state index in [1.807, 2.05) is 24.3 Å². The molecule has 5 rings (SSSR count). The van der Waals surface area contributed by atoms with Gasteiger partial charge in [0.1, 0.15) is 11.9 Å². The van der Waals surface area contributed by atoms with E-state index in [1.54, 1.807) is 13.2 Å². The van der Waals surface area contributed by atoms with Crippen molar-refractivity contribution in [2.75, 3.05) is 26.7 Å². The Hall–Kier alpha value is -3.46. The molecule has 4 heterocycles. The second kappa shape index (κ2) is 10.0. The number of aromatic nitrogens is 1. The van der Waals surface area contributed by atoms with Gasteiger partial charge < -0.3 is 19.7 Å². The third-order valence-corrected chi connectivity index (χ3v) is 5.33. The minimum atomic E-state index is -1.26. The fourth-order valence-corrected chi connectivity index (χ4v) is 3.80. The summed E-state index contributed by atoms with van der Waals surface area (Å²) in [6.07, 6.45) is 3.34. The van der Waals surface area contributed by atoms with Crippen LogP contribution in [0.3, 0.4) is 0 Å². The van der Waals surface area contributed by atoms with E-state index in [2.05, 4.69) is 9.88 Å². The van der Waals surface area contributed by atoms with E-state index < -0.39 is 11.9 Å². The number of carbonyl (C=O) groups is 3. The summed E-state index contributed by atoms with van der Waals surface area (Å²) in [5.74, 6) is -1.73. The quantitative estimate of drug-likeness (QED) is 0.544. The molecule has 1 unspecified atom stereocenters. The van der Waals surface area contributed by atoms with E-state index in [9.17, 15) is 14.4 Å². The topological polar surface area (TPSA) is 126 Å². The number of carboxylic acids is 2. The second-order valence-corrected chi connectivity index (χ2v) is 7.32. The first kappa shape index (κ1) is 22.2. The molecule has 1 aromatic carbocycles. The molecular formula is C22H24N2O7. The SMILES string of the molecule is COc1cc(C(=O)OC2CN3CCC2CC3)nc2ccccc12.O=C(O)/C=C/C(=O)O. The standard InChI is InChI=1S/C18H20N2O3.C4H4O4/c1-22-16-10-15(19-14-5-3-2-4-13(14)16)18(21)23-17-11-20-8-6-12(17)7-9-20;5-3(6)1-2-4(7)8/h2-5,10,12,17H,6-9,11H2,1H3;1-2H,(H,5,6)(H,7,8)/b;2-1+. The molecule has 9 nitrogen and oxygen atoms in total. The van der Waals surface area contributed by atoms with Crippen LogP contribution in [0.2, 0.25) is 0 Å². The molecular weight excluding hydrogens is 404 g/mol. The molecule has 3 saturated heterocycles. The number of rotatable bonds is 5. The van der Waals surface area contributed by atoms with Crippen molar-refractivity contribution >= 4 is 28.8 Å². The summed E-state index contributed by atoms with van der Waals surface area (Å²) in [6, 6.07) is 9.31. The number of nitrogens with zero attached hydrogens (tertiary/aromatic N) is 2. The van der Waals surface area contributed by atoms with E-state index >= 15 is 0 Å². The van der Waals surface area contributed by atoms with Gasteiger partial charge in [-0.15, -0.1) is 0 Å². The van der Waals surface area contributed by atoms with Gasteiger partial charge in [-0.05, 0) is 44.0 Å². The van der Waals surface area contributed by atoms with Gasteiger partial charge in [-0.25, -0.2) is 19.4 Å². The fourth-order valence-electron chi connectivity index (χ4n) is 3.80. The van der Waals surface area contributed by atoms with E-state index in [0.717, 1.165) is 43.4 Å². The fraction of sp³-hybridized carbons (Fsp3) is 0.364. The first-order valence-electron chi connectivity index (χ1n) is 9.88. The summed E-state index contributed by atoms with van der Waals surface area (Å²) >= 11 is 0. The summed E-state index contributed by atoms with van der Waals surface area (Å²) in [7, 11) is 1.60. The Kier molecular flexibility index (Phi) is 7.19. The molecule has 1 atom stereocenters. The number of carboxylic acid groups (broad SMARTS) is 2. The highest BCUT2D eigenvalue weighted by Gasteiger charge is 2.36. The van der Waals surface area contributed by atoms with Gasteiger partial charge in [0.05, 0.1) is 12.6 Å². The van der Waals surface area contributed by atoms with Gasteiger partial charge in [0, 0.05) is 30.1 Å². The van der Waals surface area contributed by atoms with Crippen LogP contribution >= 0.6 is 0 Å². The van der Waals surface area contributed by atoms with Crippen molar-refractivity contribution in [3.05, 3.63) is 48.2 Å². The van der Waals surface area contributed by atoms with E-state index in [-0.39, 0.29) is 12.1 Å². The molecule has 0 radical (unpaired) electrons. The summed E-state index contributed by atoms with van der Waals surface area (Å²) in [4.78, 5) is 38.5. The van der Waals surface area contributed by atoms with Crippen LogP contribution in [0.25, 0.3) is 10.9 Å². The van der Waals surface area contributed by atoms with Crippen molar-refractivity contribution < 1.29 is 34.1 Å². The number of aliphatic carboxylic acids is 2. The lowest BCUT2D eigenvalue weighted by Gasteiger charge is -2.43. The zero-order valence-corrected chi connectivity index (χ0v) is 17.1. The summed E-state index contributed by atoms with van der Waals surface area (Å²) < 4.78 is 11.2. The highest BCUT2D eigenvalue weighted by atomic mass is 16.5. The van der Waals surface area contributed by atoms with Gasteiger partial charge in [-0.1, -0.05) is 12.1 Å². The van der Waals surface area contributed by atoms with Crippen LogP contribution in [0.4, 0.5) is 0 Å². The molecule has 0 amide bonds. The third-order valence-electron chi connectivity index (χ3n) is 5.33. The van der Waals surface area contributed by atoms with E-state index in [0.29, 0.717) is 29.5 Å². The number of hydrogen-bond donors (Lipinski definition) is 2. The van der Waals surface area contributed by atoms with Crippen LogP contribution in [0.5, 0.6) is 5.75 Å². The largest absolute Gasteiger partial charge is 0.496 e. The minimum Gasteiger partial charge on any atom is -0.496 e. The van der Waals surface area contributed by atoms with Crippen molar-refractivity contribution in [1.29, 1.82) is 0 Å². The molecule has 3 fully saturated rings. The maximum atomic E-state index is 12.5. The lowest BCUT2D eigenvalue weighted by molar-refractivity contribution is -0.134. The number of ether oxygens (including phenoxy) is 2. The van der Waals surface area contributed by atoms with Gasteiger partial charge >= 0.3 is 17.9 Å². The Labute approximate surface area is 178 Å². The summed E-state index contributed by atoms with van der Waals surface area (Å²) in [6.45, 7) is 3.10. The maximum Gasteiger partial charge on any atom is 0.357 e. The Morgan fingerprint density at radius 2 is 1.74 bits per heavy atom. The number of pyridine rings is 1. The Balaban J connectivity index is 0.000000293. The molecule has 3 aliphatic heterocycles. The van der Waals surface area contributed by atoms with Gasteiger partial charge in [0.2, 0.25) is 0 Å². The molecule has 2 aromatic rings. The summed E-state index contributed by atoms with van der Waals surface area (Å²) in [5, 5.41) is 16.5. The van der Waals surface area contributed by atoms with E-state index in [4.69, 9.17) is 19.7 Å². The van der Waals surface area contributed by atoms with E-state index in [1.165, 1.54) is 0 Å². The van der Waals surface area contributed by atoms with Crippen molar-refractivity contribution in [3.63, 3.8) is 0 Å². The number of benzene rings is 1. The molecule has 0 aliphatic carbocycles. The smallest absolute Gasteiger partial charge is 0.357 e. The number of piperidine rings is 3. The zero-order valence-electron chi connectivity index (χ0n) is 17.1. The zero-order chi connectivity index (χ0) is 22.4. The summed E-state index contributed by atoms with van der Waals surface area (Å²) in [5.41, 5.74) is 1.06. The predicted molar refractivity (Wildman–Crippen MR) is 111 cm³/mol. The number of para-hydroxylation sites is 1. The first-order chi connectivity index (χ1) is 14.9. The highest BCUT2D eigenvalue weighted by molar-refractivity contribution is 5.94. The average molecular weight is 428 g/mol. The van der Waals surface area contributed by atoms with Crippen molar-refractivity contribution in [1.82, 2.24) is 9.88 Å². The van der Waals surface area contributed by atoms with Crippen LogP contribution in [-0.2, 0) is 14.3 Å². The number of esters is 1. The molecule has 9 heteroatoms. The molecule has 3 aliphatic rings. The van der Waals surface area contributed by atoms with Crippen molar-refractivity contribution in [2.24, 2.45) is 5.92 Å². The predicted octanol–water partition coefficient (Wildman–Crippen LogP) is 2.21. The van der Waals surface area contributed by atoms with Crippen molar-refractivity contribution in [3.8, 4) is 5.75 Å². The minimum absolute atomic E-state index is 0.00994. The van der Waals surface area contributed by atoms with Gasteiger partial charge in [-0.2, -0.15) is 0 Å². The van der Waals surface area contributed by atoms with Crippen molar-refractivity contribution in [2.45, 2.75) is 18.9 Å². The molecule has 2 N–H and O–H groups in total. The first-order valence-corrected chi connectivity index (χ1v) is 9.88. The maximum absolute atomic E-state index is 12.5. The van der Waals surface area contributed by atoms with Crippen LogP contribution in [0.15, 0.2) is 42.5 Å². The number of hydrogen-bond acceptors (Lipinski definition) is 7. The lowest BCUT2D eigenvalue weighted by atomic mass is 9.86. The third kappa shape index (κ3) is 5.79. The molecule has 31 heavy (non-hydrogen) atoms. The van der Waals surface area contributed by atoms with Crippen LogP contribution < -0.4 is 4.74 Å². The van der Waals surface area contributed by atoms with Crippen LogP contribution in [0, 0.1) is 5.92 Å². The average Bonchev–Trinajstić information content (AvgIpc) is 2.78. The molecule has 2 bridgehead atoms. The Morgan fingerprint density at radius 1 is 1.10 bits per heavy atom.